The smallest absolute Gasteiger partial charge is 0.308 e. The van der Waals surface area contributed by atoms with Gasteiger partial charge in [0.25, 0.3) is 5.91 Å². The van der Waals surface area contributed by atoms with Crippen molar-refractivity contribution in [2.75, 3.05) is 19.7 Å². The minimum Gasteiger partial charge on any atom is -0.481 e. The summed E-state index contributed by atoms with van der Waals surface area (Å²) in [6.07, 6.45) is 2.51. The number of nitrogens with zero attached hydrogens (tertiary/aromatic N) is 1. The molecule has 0 bridgehead atoms. The normalized spacial score (nSPS) is 25.9. The molecule has 1 heterocycles. The number of carbonyl (C=O) groups is 2. The summed E-state index contributed by atoms with van der Waals surface area (Å²) in [7, 11) is 0. The van der Waals surface area contributed by atoms with E-state index in [2.05, 4.69) is 0 Å². The summed E-state index contributed by atoms with van der Waals surface area (Å²) in [5.74, 6) is -0.661. The average molecular weight is 241 g/mol. The second-order valence-corrected chi connectivity index (χ2v) is 5.03. The van der Waals surface area contributed by atoms with Gasteiger partial charge in [-0.15, -0.1) is 0 Å². The van der Waals surface area contributed by atoms with Crippen LogP contribution in [0.15, 0.2) is 0 Å². The highest BCUT2D eigenvalue weighted by Crippen LogP contribution is 2.29. The second kappa shape index (κ2) is 5.04. The second-order valence-electron chi connectivity index (χ2n) is 5.03. The zero-order valence-electron chi connectivity index (χ0n) is 10.1. The Bertz CT molecular complexity index is 314. The van der Waals surface area contributed by atoms with E-state index in [1.807, 2.05) is 0 Å². The first kappa shape index (κ1) is 12.4. The number of carboxylic acid groups (broad SMARTS) is 1. The summed E-state index contributed by atoms with van der Waals surface area (Å²) >= 11 is 0. The fourth-order valence-electron chi connectivity index (χ4n) is 2.06. The van der Waals surface area contributed by atoms with Gasteiger partial charge >= 0.3 is 5.97 Å². The summed E-state index contributed by atoms with van der Waals surface area (Å²) < 4.78 is 5.50. The largest absolute Gasteiger partial charge is 0.481 e. The molecule has 17 heavy (non-hydrogen) atoms. The van der Waals surface area contributed by atoms with Crippen molar-refractivity contribution in [3.05, 3.63) is 0 Å². The number of amides is 1. The fourth-order valence-corrected chi connectivity index (χ4v) is 2.06. The lowest BCUT2D eigenvalue weighted by Gasteiger charge is -2.20. The monoisotopic (exact) mass is 241 g/mol. The molecule has 5 nitrogen and oxygen atoms in total. The molecule has 5 heteroatoms. The number of hydrogen-bond donors (Lipinski definition) is 1. The van der Waals surface area contributed by atoms with Crippen LogP contribution in [0.5, 0.6) is 0 Å². The molecule has 1 aliphatic carbocycles. The van der Waals surface area contributed by atoms with Gasteiger partial charge in [-0.1, -0.05) is 0 Å². The molecule has 2 unspecified atom stereocenters. The highest BCUT2D eigenvalue weighted by atomic mass is 16.5. The molecule has 2 atom stereocenters. The van der Waals surface area contributed by atoms with E-state index in [0.29, 0.717) is 32.0 Å². The molecule has 0 aromatic rings. The molecule has 1 N–H and O–H groups in total. The molecule has 0 aromatic carbocycles. The van der Waals surface area contributed by atoms with Crippen LogP contribution in [-0.2, 0) is 14.3 Å². The maximum absolute atomic E-state index is 12.0. The van der Waals surface area contributed by atoms with Gasteiger partial charge in [-0.05, 0) is 32.1 Å². The molecule has 0 aromatic heterocycles. The number of rotatable bonds is 5. The SMILES string of the molecule is CC(OCC1CC1)C(=O)N1CCC(C(=O)O)C1. The Balaban J connectivity index is 1.76. The number of hydrogen-bond acceptors (Lipinski definition) is 3. The summed E-state index contributed by atoms with van der Waals surface area (Å²) in [6.45, 7) is 3.26. The number of carboxylic acids is 1. The lowest BCUT2D eigenvalue weighted by Crippen LogP contribution is -2.38. The molecule has 2 rings (SSSR count). The first-order chi connectivity index (χ1) is 8.08. The van der Waals surface area contributed by atoms with Crippen LogP contribution in [0.4, 0.5) is 0 Å². The van der Waals surface area contributed by atoms with Crippen molar-refractivity contribution in [2.24, 2.45) is 11.8 Å². The molecule has 0 radical (unpaired) electrons. The molecule has 1 amide bonds. The predicted molar refractivity (Wildman–Crippen MR) is 60.5 cm³/mol. The highest BCUT2D eigenvalue weighted by Gasteiger charge is 2.33. The van der Waals surface area contributed by atoms with E-state index in [1.54, 1.807) is 11.8 Å². The maximum atomic E-state index is 12.0. The standard InChI is InChI=1S/C12H19NO4/c1-8(17-7-9-2-3-9)11(14)13-5-4-10(6-13)12(15)16/h8-10H,2-7H2,1H3,(H,15,16). The van der Waals surface area contributed by atoms with E-state index in [0.717, 1.165) is 0 Å². The van der Waals surface area contributed by atoms with Crippen LogP contribution >= 0.6 is 0 Å². The van der Waals surface area contributed by atoms with Crippen LogP contribution in [0, 0.1) is 11.8 Å². The first-order valence-electron chi connectivity index (χ1n) is 6.21. The van der Waals surface area contributed by atoms with Gasteiger partial charge in [-0.3, -0.25) is 9.59 Å². The maximum Gasteiger partial charge on any atom is 0.308 e. The number of carbonyl (C=O) groups excluding carboxylic acids is 1. The highest BCUT2D eigenvalue weighted by molar-refractivity contribution is 5.82. The average Bonchev–Trinajstić information content (AvgIpc) is 2.99. The molecule has 1 saturated carbocycles. The fraction of sp³-hybridized carbons (Fsp3) is 0.833. The predicted octanol–water partition coefficient (Wildman–Crippen LogP) is 0.735. The van der Waals surface area contributed by atoms with Gasteiger partial charge in [-0.25, -0.2) is 0 Å². The van der Waals surface area contributed by atoms with Gasteiger partial charge in [0.15, 0.2) is 0 Å². The summed E-state index contributed by atoms with van der Waals surface area (Å²) in [5, 5.41) is 8.87. The van der Waals surface area contributed by atoms with E-state index in [-0.39, 0.29) is 5.91 Å². The van der Waals surface area contributed by atoms with Crippen molar-refractivity contribution in [1.29, 1.82) is 0 Å². The molecular weight excluding hydrogens is 222 g/mol. The van der Waals surface area contributed by atoms with E-state index in [1.165, 1.54) is 12.8 Å². The van der Waals surface area contributed by atoms with Crippen molar-refractivity contribution >= 4 is 11.9 Å². The van der Waals surface area contributed by atoms with Crippen molar-refractivity contribution < 1.29 is 19.4 Å². The third kappa shape index (κ3) is 3.19. The molecule has 2 aliphatic rings. The van der Waals surface area contributed by atoms with Crippen molar-refractivity contribution in [3.63, 3.8) is 0 Å². The van der Waals surface area contributed by atoms with E-state index in [4.69, 9.17) is 9.84 Å². The van der Waals surface area contributed by atoms with Gasteiger partial charge in [-0.2, -0.15) is 0 Å². The molecule has 1 saturated heterocycles. The van der Waals surface area contributed by atoms with Crippen molar-refractivity contribution in [1.82, 2.24) is 4.90 Å². The van der Waals surface area contributed by atoms with Crippen LogP contribution in [0.3, 0.4) is 0 Å². The van der Waals surface area contributed by atoms with Gasteiger partial charge in [0.1, 0.15) is 6.10 Å². The first-order valence-corrected chi connectivity index (χ1v) is 6.21. The van der Waals surface area contributed by atoms with E-state index in [9.17, 15) is 9.59 Å². The number of ether oxygens (including phenoxy) is 1. The Hall–Kier alpha value is -1.10. The van der Waals surface area contributed by atoms with Gasteiger partial charge < -0.3 is 14.7 Å². The Labute approximate surface area is 101 Å². The Kier molecular flexibility index (Phi) is 3.66. The lowest BCUT2D eigenvalue weighted by molar-refractivity contribution is -0.143. The van der Waals surface area contributed by atoms with Crippen LogP contribution in [0.2, 0.25) is 0 Å². The zero-order chi connectivity index (χ0) is 12.4. The summed E-state index contributed by atoms with van der Waals surface area (Å²) in [6, 6.07) is 0. The lowest BCUT2D eigenvalue weighted by atomic mass is 10.1. The topological polar surface area (TPSA) is 66.8 Å². The molecular formula is C12H19NO4. The Morgan fingerprint density at radius 3 is 2.65 bits per heavy atom. The molecule has 96 valence electrons. The van der Waals surface area contributed by atoms with Crippen molar-refractivity contribution in [2.45, 2.75) is 32.3 Å². The van der Waals surface area contributed by atoms with Crippen LogP contribution in [0.1, 0.15) is 26.2 Å². The summed E-state index contributed by atoms with van der Waals surface area (Å²) in [5.41, 5.74) is 0. The molecule has 0 spiro atoms. The number of likely N-dealkylation sites (tertiary alicyclic amines) is 1. The minimum atomic E-state index is -0.813. The van der Waals surface area contributed by atoms with E-state index >= 15 is 0 Å². The van der Waals surface area contributed by atoms with Crippen LogP contribution in [-0.4, -0.2) is 47.7 Å². The van der Waals surface area contributed by atoms with Gasteiger partial charge in [0.05, 0.1) is 12.5 Å². The third-order valence-corrected chi connectivity index (χ3v) is 3.48. The molecule has 1 aliphatic heterocycles. The van der Waals surface area contributed by atoms with Gasteiger partial charge in [0, 0.05) is 13.1 Å². The quantitative estimate of drug-likeness (QED) is 0.770. The van der Waals surface area contributed by atoms with Crippen LogP contribution < -0.4 is 0 Å². The van der Waals surface area contributed by atoms with Crippen LogP contribution in [0.25, 0.3) is 0 Å². The summed E-state index contributed by atoms with van der Waals surface area (Å²) in [4.78, 5) is 24.4. The zero-order valence-corrected chi connectivity index (χ0v) is 10.1. The van der Waals surface area contributed by atoms with Gasteiger partial charge in [0.2, 0.25) is 0 Å². The van der Waals surface area contributed by atoms with E-state index < -0.39 is 18.0 Å². The minimum absolute atomic E-state index is 0.0746. The number of aliphatic carboxylic acids is 1. The third-order valence-electron chi connectivity index (χ3n) is 3.48. The molecule has 2 fully saturated rings. The Morgan fingerprint density at radius 1 is 1.41 bits per heavy atom. The Morgan fingerprint density at radius 2 is 2.12 bits per heavy atom. The van der Waals surface area contributed by atoms with Crippen molar-refractivity contribution in [3.8, 4) is 0 Å².